The molecule has 0 amide bonds. The summed E-state index contributed by atoms with van der Waals surface area (Å²) < 4.78 is 27.7. The van der Waals surface area contributed by atoms with Gasteiger partial charge in [0, 0.05) is 9.26 Å². The predicted molar refractivity (Wildman–Crippen MR) is 82.3 cm³/mol. The number of hydrogen-bond acceptors (Lipinski definition) is 3. The van der Waals surface area contributed by atoms with Crippen molar-refractivity contribution < 1.29 is 13.5 Å². The van der Waals surface area contributed by atoms with Gasteiger partial charge in [-0.05, 0) is 64.6 Å². The normalized spacial score (nSPS) is 11.3. The maximum absolute atomic E-state index is 12.1. The monoisotopic (exact) mass is 389 g/mol. The number of sulfonamides is 1. The SMILES string of the molecule is O=S(=O)(Nc1ccc(CO)cc1)c1ccc(I)cc1. The zero-order valence-electron chi connectivity index (χ0n) is 9.88. The van der Waals surface area contributed by atoms with E-state index >= 15 is 0 Å². The molecular weight excluding hydrogens is 377 g/mol. The van der Waals surface area contributed by atoms with E-state index in [1.165, 1.54) is 0 Å². The summed E-state index contributed by atoms with van der Waals surface area (Å²) in [5, 5.41) is 8.93. The van der Waals surface area contributed by atoms with Gasteiger partial charge in [0.2, 0.25) is 0 Å². The second-order valence-corrected chi connectivity index (χ2v) is 6.84. The number of anilines is 1. The molecule has 0 aliphatic rings. The van der Waals surface area contributed by atoms with Crippen molar-refractivity contribution in [2.75, 3.05) is 4.72 Å². The van der Waals surface area contributed by atoms with E-state index in [-0.39, 0.29) is 11.5 Å². The van der Waals surface area contributed by atoms with Gasteiger partial charge in [0.1, 0.15) is 0 Å². The molecule has 0 atom stereocenters. The lowest BCUT2D eigenvalue weighted by molar-refractivity contribution is 0.282. The van der Waals surface area contributed by atoms with Crippen molar-refractivity contribution in [3.8, 4) is 0 Å². The minimum Gasteiger partial charge on any atom is -0.392 e. The number of benzene rings is 2. The Bertz CT molecular complexity index is 651. The van der Waals surface area contributed by atoms with Crippen molar-refractivity contribution in [2.24, 2.45) is 0 Å². The van der Waals surface area contributed by atoms with Gasteiger partial charge >= 0.3 is 0 Å². The van der Waals surface area contributed by atoms with Crippen LogP contribution in [-0.2, 0) is 16.6 Å². The fourth-order valence-corrected chi connectivity index (χ4v) is 2.92. The molecule has 19 heavy (non-hydrogen) atoms. The van der Waals surface area contributed by atoms with Gasteiger partial charge in [0.25, 0.3) is 10.0 Å². The standard InChI is InChI=1S/C13H12INO3S/c14-11-3-7-13(8-4-11)19(17,18)15-12-5-1-10(9-16)2-6-12/h1-8,15-16H,9H2. The van der Waals surface area contributed by atoms with Crippen LogP contribution in [0.4, 0.5) is 5.69 Å². The summed E-state index contributed by atoms with van der Waals surface area (Å²) in [6.45, 7) is -0.0653. The highest BCUT2D eigenvalue weighted by atomic mass is 127. The first kappa shape index (κ1) is 14.3. The fourth-order valence-electron chi connectivity index (χ4n) is 1.51. The molecule has 0 aromatic heterocycles. The smallest absolute Gasteiger partial charge is 0.261 e. The topological polar surface area (TPSA) is 66.4 Å². The van der Waals surface area contributed by atoms with Gasteiger partial charge in [-0.15, -0.1) is 0 Å². The van der Waals surface area contributed by atoms with Crippen LogP contribution in [0.1, 0.15) is 5.56 Å². The van der Waals surface area contributed by atoms with Crippen LogP contribution in [0.5, 0.6) is 0 Å². The van der Waals surface area contributed by atoms with E-state index in [2.05, 4.69) is 27.3 Å². The van der Waals surface area contributed by atoms with E-state index in [9.17, 15) is 8.42 Å². The highest BCUT2D eigenvalue weighted by molar-refractivity contribution is 14.1. The van der Waals surface area contributed by atoms with E-state index in [1.54, 1.807) is 48.5 Å². The summed E-state index contributed by atoms with van der Waals surface area (Å²) in [5.74, 6) is 0. The van der Waals surface area contributed by atoms with Crippen LogP contribution in [0.25, 0.3) is 0 Å². The van der Waals surface area contributed by atoms with Crippen LogP contribution in [0, 0.1) is 3.57 Å². The predicted octanol–water partition coefficient (Wildman–Crippen LogP) is 2.58. The summed E-state index contributed by atoms with van der Waals surface area (Å²) >= 11 is 2.12. The summed E-state index contributed by atoms with van der Waals surface area (Å²) in [4.78, 5) is 0.221. The van der Waals surface area contributed by atoms with E-state index < -0.39 is 10.0 Å². The molecule has 2 rings (SSSR count). The zero-order chi connectivity index (χ0) is 13.9. The summed E-state index contributed by atoms with van der Waals surface area (Å²) in [7, 11) is -3.57. The highest BCUT2D eigenvalue weighted by Crippen LogP contribution is 2.17. The molecule has 2 N–H and O–H groups in total. The number of halogens is 1. The number of aliphatic hydroxyl groups is 1. The van der Waals surface area contributed by atoms with Crippen molar-refractivity contribution in [3.63, 3.8) is 0 Å². The Morgan fingerprint density at radius 1 is 1.00 bits per heavy atom. The van der Waals surface area contributed by atoms with Crippen LogP contribution in [-0.4, -0.2) is 13.5 Å². The molecule has 0 fully saturated rings. The number of aliphatic hydroxyl groups excluding tert-OH is 1. The Hall–Kier alpha value is -1.12. The third kappa shape index (κ3) is 3.68. The molecule has 4 nitrogen and oxygen atoms in total. The maximum atomic E-state index is 12.1. The van der Waals surface area contributed by atoms with Crippen LogP contribution in [0.2, 0.25) is 0 Å². The van der Waals surface area contributed by atoms with E-state index in [0.717, 1.165) is 9.13 Å². The van der Waals surface area contributed by atoms with Gasteiger partial charge in [0.15, 0.2) is 0 Å². The van der Waals surface area contributed by atoms with Crippen molar-refractivity contribution in [1.82, 2.24) is 0 Å². The zero-order valence-corrected chi connectivity index (χ0v) is 12.8. The average molecular weight is 389 g/mol. The van der Waals surface area contributed by atoms with E-state index in [1.807, 2.05) is 0 Å². The Labute approximate surface area is 125 Å². The van der Waals surface area contributed by atoms with Gasteiger partial charge in [0.05, 0.1) is 11.5 Å². The minimum absolute atomic E-state index is 0.0653. The van der Waals surface area contributed by atoms with Crippen LogP contribution in [0.3, 0.4) is 0 Å². The highest BCUT2D eigenvalue weighted by Gasteiger charge is 2.13. The van der Waals surface area contributed by atoms with Crippen molar-refractivity contribution in [2.45, 2.75) is 11.5 Å². The fraction of sp³-hybridized carbons (Fsp3) is 0.0769. The molecule has 2 aromatic rings. The molecule has 6 heteroatoms. The molecule has 0 saturated heterocycles. The van der Waals surface area contributed by atoms with Gasteiger partial charge in [-0.25, -0.2) is 8.42 Å². The number of hydrogen-bond donors (Lipinski definition) is 2. The van der Waals surface area contributed by atoms with Gasteiger partial charge < -0.3 is 5.11 Å². The third-order valence-electron chi connectivity index (χ3n) is 2.51. The summed E-state index contributed by atoms with van der Waals surface area (Å²) in [5.41, 5.74) is 1.20. The molecule has 0 radical (unpaired) electrons. The van der Waals surface area contributed by atoms with Gasteiger partial charge in [-0.2, -0.15) is 0 Å². The summed E-state index contributed by atoms with van der Waals surface area (Å²) in [6, 6.07) is 13.2. The lowest BCUT2D eigenvalue weighted by atomic mass is 10.2. The molecule has 0 bridgehead atoms. The van der Waals surface area contributed by atoms with Crippen molar-refractivity contribution in [3.05, 3.63) is 57.7 Å². The first-order valence-corrected chi connectivity index (χ1v) is 8.05. The van der Waals surface area contributed by atoms with Gasteiger partial charge in [-0.3, -0.25) is 4.72 Å². The molecule has 0 heterocycles. The molecule has 0 spiro atoms. The third-order valence-corrected chi connectivity index (χ3v) is 4.63. The first-order chi connectivity index (χ1) is 9.01. The van der Waals surface area contributed by atoms with Crippen LogP contribution >= 0.6 is 22.6 Å². The largest absolute Gasteiger partial charge is 0.392 e. The number of nitrogens with one attached hydrogen (secondary N) is 1. The molecule has 0 saturated carbocycles. The number of rotatable bonds is 4. The minimum atomic E-state index is -3.57. The average Bonchev–Trinajstić information content (AvgIpc) is 2.40. The maximum Gasteiger partial charge on any atom is 0.261 e. The van der Waals surface area contributed by atoms with Gasteiger partial charge in [-0.1, -0.05) is 12.1 Å². The van der Waals surface area contributed by atoms with Crippen molar-refractivity contribution in [1.29, 1.82) is 0 Å². The molecular formula is C13H12INO3S. The Balaban J connectivity index is 2.23. The lowest BCUT2D eigenvalue weighted by Crippen LogP contribution is -2.12. The second kappa shape index (κ2) is 5.89. The van der Waals surface area contributed by atoms with Crippen LogP contribution < -0.4 is 4.72 Å². The lowest BCUT2D eigenvalue weighted by Gasteiger charge is -2.08. The second-order valence-electron chi connectivity index (χ2n) is 3.91. The Morgan fingerprint density at radius 3 is 2.11 bits per heavy atom. The molecule has 0 aliphatic carbocycles. The molecule has 0 aliphatic heterocycles. The molecule has 100 valence electrons. The molecule has 2 aromatic carbocycles. The Kier molecular flexibility index (Phi) is 4.43. The van der Waals surface area contributed by atoms with Crippen LogP contribution in [0.15, 0.2) is 53.4 Å². The van der Waals surface area contributed by atoms with E-state index in [4.69, 9.17) is 5.11 Å². The quantitative estimate of drug-likeness (QED) is 0.791. The first-order valence-electron chi connectivity index (χ1n) is 5.49. The summed E-state index contributed by atoms with van der Waals surface area (Å²) in [6.07, 6.45) is 0. The Morgan fingerprint density at radius 2 is 1.58 bits per heavy atom. The molecule has 0 unspecified atom stereocenters. The van der Waals surface area contributed by atoms with E-state index in [0.29, 0.717) is 5.69 Å². The van der Waals surface area contributed by atoms with Crippen molar-refractivity contribution >= 4 is 38.3 Å².